The average molecular weight is 355 g/mol. The maximum atomic E-state index is 11.4. The molecule has 0 saturated heterocycles. The van der Waals surface area contributed by atoms with Gasteiger partial charge in [0.25, 0.3) is 0 Å². The first-order valence-electron chi connectivity index (χ1n) is 8.14. The van der Waals surface area contributed by atoms with E-state index in [0.29, 0.717) is 26.1 Å². The monoisotopic (exact) mass is 354 g/mol. The van der Waals surface area contributed by atoms with E-state index in [2.05, 4.69) is 0 Å². The molecule has 0 bridgehead atoms. The molecule has 6 heteroatoms. The van der Waals surface area contributed by atoms with E-state index in [9.17, 15) is 9.59 Å². The van der Waals surface area contributed by atoms with E-state index in [1.165, 1.54) is 0 Å². The zero-order valence-electron chi connectivity index (χ0n) is 13.6. The van der Waals surface area contributed by atoms with Crippen LogP contribution in [0.1, 0.15) is 65.2 Å². The predicted octanol–water partition coefficient (Wildman–Crippen LogP) is 4.45. The van der Waals surface area contributed by atoms with Crippen LogP contribution in [0.15, 0.2) is 0 Å². The maximum absolute atomic E-state index is 11.4. The largest absolute Gasteiger partial charge is 0.465 e. The molecule has 2 atom stereocenters. The number of carbonyl (C=O) groups excluding carboxylic acids is 2. The molecule has 0 N–H and O–H groups in total. The summed E-state index contributed by atoms with van der Waals surface area (Å²) in [5.41, 5.74) is 0. The Labute approximate surface area is 143 Å². The molecule has 0 rings (SSSR count). The van der Waals surface area contributed by atoms with Gasteiger partial charge in [-0.2, -0.15) is 0 Å². The molecule has 130 valence electrons. The lowest BCUT2D eigenvalue weighted by atomic mass is 10.2. The minimum absolute atomic E-state index is 0.332. The summed E-state index contributed by atoms with van der Waals surface area (Å²) >= 11 is 11.7. The SMILES string of the molecule is CCCC(Cl)C(=O)OCCCCCCOC(=O)C(Cl)CCC. The van der Waals surface area contributed by atoms with Crippen LogP contribution < -0.4 is 0 Å². The summed E-state index contributed by atoms with van der Waals surface area (Å²) in [6.45, 7) is 4.74. The molecule has 22 heavy (non-hydrogen) atoms. The molecule has 0 aliphatic rings. The molecular formula is C16H28Cl2O4. The first kappa shape index (κ1) is 21.5. The van der Waals surface area contributed by atoms with Crippen molar-refractivity contribution in [2.24, 2.45) is 0 Å². The smallest absolute Gasteiger partial charge is 0.324 e. The fourth-order valence-corrected chi connectivity index (χ4v) is 2.39. The van der Waals surface area contributed by atoms with Gasteiger partial charge in [-0.3, -0.25) is 9.59 Å². The van der Waals surface area contributed by atoms with Gasteiger partial charge < -0.3 is 9.47 Å². The van der Waals surface area contributed by atoms with Gasteiger partial charge in [-0.15, -0.1) is 23.2 Å². The van der Waals surface area contributed by atoms with Gasteiger partial charge in [0, 0.05) is 0 Å². The summed E-state index contributed by atoms with van der Waals surface area (Å²) in [6, 6.07) is 0. The summed E-state index contributed by atoms with van der Waals surface area (Å²) in [5.74, 6) is -0.664. The molecule has 0 aliphatic carbocycles. The molecule has 0 spiro atoms. The predicted molar refractivity (Wildman–Crippen MR) is 89.5 cm³/mol. The molecule has 0 aromatic rings. The summed E-state index contributed by atoms with van der Waals surface area (Å²) in [4.78, 5) is 22.9. The van der Waals surface area contributed by atoms with Crippen molar-refractivity contribution in [3.8, 4) is 0 Å². The Balaban J connectivity index is 3.44. The molecule has 0 saturated carbocycles. The third kappa shape index (κ3) is 11.1. The Morgan fingerprint density at radius 3 is 1.45 bits per heavy atom. The first-order chi connectivity index (χ1) is 10.5. The number of hydrogen-bond acceptors (Lipinski definition) is 4. The summed E-state index contributed by atoms with van der Waals surface area (Å²) in [7, 11) is 0. The van der Waals surface area contributed by atoms with Crippen LogP contribution in [-0.2, 0) is 19.1 Å². The van der Waals surface area contributed by atoms with E-state index < -0.39 is 10.8 Å². The molecule has 0 aromatic heterocycles. The van der Waals surface area contributed by atoms with Crippen molar-refractivity contribution in [3.63, 3.8) is 0 Å². The van der Waals surface area contributed by atoms with Crippen molar-refractivity contribution in [2.45, 2.75) is 76.0 Å². The highest BCUT2D eigenvalue weighted by molar-refractivity contribution is 6.30. The lowest BCUT2D eigenvalue weighted by molar-refractivity contribution is -0.144. The van der Waals surface area contributed by atoms with Crippen molar-refractivity contribution in [3.05, 3.63) is 0 Å². The molecule has 2 unspecified atom stereocenters. The molecular weight excluding hydrogens is 327 g/mol. The zero-order valence-corrected chi connectivity index (χ0v) is 15.1. The van der Waals surface area contributed by atoms with Crippen molar-refractivity contribution in [1.82, 2.24) is 0 Å². The third-order valence-corrected chi connectivity index (χ3v) is 3.92. The Bertz CT molecular complexity index is 281. The lowest BCUT2D eigenvalue weighted by Crippen LogP contribution is -2.18. The topological polar surface area (TPSA) is 52.6 Å². The molecule has 0 aliphatic heterocycles. The minimum atomic E-state index is -0.531. The maximum Gasteiger partial charge on any atom is 0.324 e. The van der Waals surface area contributed by atoms with E-state index in [4.69, 9.17) is 32.7 Å². The minimum Gasteiger partial charge on any atom is -0.465 e. The van der Waals surface area contributed by atoms with Crippen molar-refractivity contribution in [1.29, 1.82) is 0 Å². The number of hydrogen-bond donors (Lipinski definition) is 0. The fraction of sp³-hybridized carbons (Fsp3) is 0.875. The Hall–Kier alpha value is -0.480. The molecule has 4 nitrogen and oxygen atoms in total. The Morgan fingerprint density at radius 2 is 1.14 bits per heavy atom. The van der Waals surface area contributed by atoms with Gasteiger partial charge in [-0.25, -0.2) is 0 Å². The van der Waals surface area contributed by atoms with Crippen LogP contribution in [0.2, 0.25) is 0 Å². The normalized spacial score (nSPS) is 13.5. The quantitative estimate of drug-likeness (QED) is 0.278. The van der Waals surface area contributed by atoms with Crippen LogP contribution >= 0.6 is 23.2 Å². The molecule has 0 fully saturated rings. The van der Waals surface area contributed by atoms with E-state index >= 15 is 0 Å². The summed E-state index contributed by atoms with van der Waals surface area (Å²) in [6.07, 6.45) is 6.45. The molecule has 0 radical (unpaired) electrons. The van der Waals surface area contributed by atoms with Crippen molar-refractivity contribution >= 4 is 35.1 Å². The highest BCUT2D eigenvalue weighted by Gasteiger charge is 2.16. The van der Waals surface area contributed by atoms with E-state index in [1.54, 1.807) is 0 Å². The van der Waals surface area contributed by atoms with E-state index in [-0.39, 0.29) is 11.9 Å². The summed E-state index contributed by atoms with van der Waals surface area (Å²) in [5, 5.41) is -1.06. The fourth-order valence-electron chi connectivity index (χ4n) is 1.83. The third-order valence-electron chi connectivity index (χ3n) is 3.12. The van der Waals surface area contributed by atoms with Crippen LogP contribution in [0.4, 0.5) is 0 Å². The van der Waals surface area contributed by atoms with Gasteiger partial charge in [0.05, 0.1) is 13.2 Å². The Kier molecular flexibility index (Phi) is 13.8. The second-order valence-electron chi connectivity index (χ2n) is 5.26. The average Bonchev–Trinajstić information content (AvgIpc) is 2.49. The highest BCUT2D eigenvalue weighted by Crippen LogP contribution is 2.09. The van der Waals surface area contributed by atoms with Gasteiger partial charge in [0.2, 0.25) is 0 Å². The first-order valence-corrected chi connectivity index (χ1v) is 9.01. The summed E-state index contributed by atoms with van der Waals surface area (Å²) < 4.78 is 10.2. The van der Waals surface area contributed by atoms with Crippen molar-refractivity contribution in [2.75, 3.05) is 13.2 Å². The molecule has 0 amide bonds. The second-order valence-corrected chi connectivity index (χ2v) is 6.32. The van der Waals surface area contributed by atoms with E-state index in [0.717, 1.165) is 38.5 Å². The number of carbonyl (C=O) groups is 2. The van der Waals surface area contributed by atoms with Gasteiger partial charge in [-0.1, -0.05) is 26.7 Å². The Morgan fingerprint density at radius 1 is 0.773 bits per heavy atom. The van der Waals surface area contributed by atoms with Crippen LogP contribution in [-0.4, -0.2) is 35.9 Å². The van der Waals surface area contributed by atoms with Crippen LogP contribution in [0, 0.1) is 0 Å². The number of ether oxygens (including phenoxy) is 2. The van der Waals surface area contributed by atoms with Gasteiger partial charge in [-0.05, 0) is 38.5 Å². The second kappa shape index (κ2) is 14.1. The van der Waals surface area contributed by atoms with Gasteiger partial charge in [0.15, 0.2) is 0 Å². The highest BCUT2D eigenvalue weighted by atomic mass is 35.5. The number of unbranched alkanes of at least 4 members (excludes halogenated alkanes) is 3. The molecule has 0 heterocycles. The number of alkyl halides is 2. The lowest BCUT2D eigenvalue weighted by Gasteiger charge is -2.09. The van der Waals surface area contributed by atoms with Gasteiger partial charge in [0.1, 0.15) is 10.8 Å². The van der Waals surface area contributed by atoms with Crippen LogP contribution in [0.25, 0.3) is 0 Å². The van der Waals surface area contributed by atoms with Crippen molar-refractivity contribution < 1.29 is 19.1 Å². The van der Waals surface area contributed by atoms with E-state index in [1.807, 2.05) is 13.8 Å². The number of rotatable bonds is 13. The van der Waals surface area contributed by atoms with Crippen LogP contribution in [0.3, 0.4) is 0 Å². The molecule has 0 aromatic carbocycles. The van der Waals surface area contributed by atoms with Crippen LogP contribution in [0.5, 0.6) is 0 Å². The standard InChI is InChI=1S/C16H28Cl2O4/c1-3-9-13(17)15(19)21-11-7-5-6-8-12-22-16(20)14(18)10-4-2/h13-14H,3-12H2,1-2H3. The number of halogens is 2. The zero-order chi connectivity index (χ0) is 16.8. The number of esters is 2. The van der Waals surface area contributed by atoms with Gasteiger partial charge >= 0.3 is 11.9 Å².